The molecule has 0 atom stereocenters. The molecule has 0 saturated carbocycles. The lowest BCUT2D eigenvalue weighted by atomic mass is 9.90. The van der Waals surface area contributed by atoms with Gasteiger partial charge in [0.25, 0.3) is 0 Å². The van der Waals surface area contributed by atoms with Crippen LogP contribution in [0.3, 0.4) is 0 Å². The number of hydrogen-bond donors (Lipinski definition) is 0. The van der Waals surface area contributed by atoms with Crippen LogP contribution in [0.15, 0.2) is 12.1 Å². The van der Waals surface area contributed by atoms with E-state index in [0.717, 1.165) is 22.5 Å². The molecule has 0 aromatic heterocycles. The average Bonchev–Trinajstić information content (AvgIpc) is 2.12. The summed E-state index contributed by atoms with van der Waals surface area (Å²) in [7, 11) is 5.71. The molecule has 12 heavy (non-hydrogen) atoms. The van der Waals surface area contributed by atoms with E-state index in [4.69, 9.17) is 17.3 Å². The molecule has 0 unspecified atom stereocenters. The van der Waals surface area contributed by atoms with E-state index in [1.165, 1.54) is 0 Å². The van der Waals surface area contributed by atoms with Crippen LogP contribution in [0, 0.1) is 6.92 Å². The monoisotopic (exact) mass is 160 g/mol. The summed E-state index contributed by atoms with van der Waals surface area (Å²) in [5.74, 6) is 1.59. The normalized spacial score (nSPS) is 14.4. The van der Waals surface area contributed by atoms with Crippen LogP contribution in [-0.4, -0.2) is 21.1 Å². The molecule has 2 radical (unpaired) electrons. The van der Waals surface area contributed by atoms with Gasteiger partial charge in [-0.3, -0.25) is 0 Å². The second-order valence-corrected chi connectivity index (χ2v) is 2.80. The van der Waals surface area contributed by atoms with Crippen LogP contribution in [0.2, 0.25) is 0 Å². The van der Waals surface area contributed by atoms with Gasteiger partial charge in [-0.1, -0.05) is 11.5 Å². The van der Waals surface area contributed by atoms with Gasteiger partial charge in [0.05, 0.1) is 0 Å². The summed E-state index contributed by atoms with van der Waals surface area (Å²) < 4.78 is 10.8. The third-order valence-corrected chi connectivity index (χ3v) is 2.00. The first-order valence-electron chi connectivity index (χ1n) is 3.93. The zero-order valence-corrected chi connectivity index (χ0v) is 6.96. The average molecular weight is 160 g/mol. The van der Waals surface area contributed by atoms with Crippen molar-refractivity contribution in [2.75, 3.05) is 13.2 Å². The Morgan fingerprint density at radius 2 is 2.00 bits per heavy atom. The molecular formula is C9H9BO2. The summed E-state index contributed by atoms with van der Waals surface area (Å²) >= 11 is 0. The molecule has 60 valence electrons. The smallest absolute Gasteiger partial charge is 0.163 e. The van der Waals surface area contributed by atoms with Crippen molar-refractivity contribution in [3.05, 3.63) is 17.7 Å². The maximum absolute atomic E-state index is 5.71. The van der Waals surface area contributed by atoms with E-state index in [1.54, 1.807) is 0 Å². The Bertz CT molecular complexity index is 310. The Hall–Kier alpha value is -1.12. The molecule has 0 N–H and O–H groups in total. The first-order valence-corrected chi connectivity index (χ1v) is 3.93. The van der Waals surface area contributed by atoms with Gasteiger partial charge in [0, 0.05) is 0 Å². The Morgan fingerprint density at radius 1 is 1.25 bits per heavy atom. The maximum Gasteiger partial charge on any atom is 0.163 e. The zero-order chi connectivity index (χ0) is 8.55. The minimum absolute atomic E-state index is 0.608. The maximum atomic E-state index is 5.71. The number of hydrogen-bond acceptors (Lipinski definition) is 2. The zero-order valence-electron chi connectivity index (χ0n) is 6.96. The van der Waals surface area contributed by atoms with Crippen molar-refractivity contribution in [3.8, 4) is 11.5 Å². The fourth-order valence-electron chi connectivity index (χ4n) is 1.27. The second-order valence-electron chi connectivity index (χ2n) is 2.80. The molecule has 0 aliphatic carbocycles. The predicted octanol–water partition coefficient (Wildman–Crippen LogP) is 0.560. The fraction of sp³-hybridized carbons (Fsp3) is 0.333. The van der Waals surface area contributed by atoms with Crippen LogP contribution in [0.5, 0.6) is 11.5 Å². The summed E-state index contributed by atoms with van der Waals surface area (Å²) in [6, 6.07) is 3.68. The number of benzene rings is 1. The third-order valence-electron chi connectivity index (χ3n) is 2.00. The lowest BCUT2D eigenvalue weighted by Crippen LogP contribution is -2.19. The molecule has 0 saturated heterocycles. The minimum Gasteiger partial charge on any atom is -0.486 e. The van der Waals surface area contributed by atoms with Crippen molar-refractivity contribution in [2.24, 2.45) is 0 Å². The quantitative estimate of drug-likeness (QED) is 0.516. The first-order chi connectivity index (χ1) is 5.79. The molecule has 1 aromatic carbocycles. The van der Waals surface area contributed by atoms with Gasteiger partial charge in [0.1, 0.15) is 21.1 Å². The summed E-state index contributed by atoms with van der Waals surface area (Å²) in [4.78, 5) is 0. The van der Waals surface area contributed by atoms with Crippen LogP contribution in [0.4, 0.5) is 0 Å². The van der Waals surface area contributed by atoms with Gasteiger partial charge >= 0.3 is 0 Å². The molecule has 2 rings (SSSR count). The Morgan fingerprint density at radius 3 is 2.83 bits per heavy atom. The van der Waals surface area contributed by atoms with Gasteiger partial charge in [-0.05, 0) is 18.6 Å². The van der Waals surface area contributed by atoms with Crippen LogP contribution < -0.4 is 14.9 Å². The van der Waals surface area contributed by atoms with Crippen molar-refractivity contribution in [1.29, 1.82) is 0 Å². The van der Waals surface area contributed by atoms with E-state index in [9.17, 15) is 0 Å². The SMILES string of the molecule is [B]c1ccc2c(c1C)OCCO2. The van der Waals surface area contributed by atoms with Crippen molar-refractivity contribution in [1.82, 2.24) is 0 Å². The van der Waals surface area contributed by atoms with Gasteiger partial charge in [0.2, 0.25) is 0 Å². The van der Waals surface area contributed by atoms with Gasteiger partial charge in [-0.25, -0.2) is 0 Å². The van der Waals surface area contributed by atoms with E-state index in [2.05, 4.69) is 0 Å². The third kappa shape index (κ3) is 1.05. The van der Waals surface area contributed by atoms with Crippen molar-refractivity contribution in [2.45, 2.75) is 6.92 Å². The molecule has 0 spiro atoms. The Labute approximate surface area is 72.9 Å². The van der Waals surface area contributed by atoms with E-state index >= 15 is 0 Å². The molecule has 1 aliphatic heterocycles. The molecule has 1 heterocycles. The first kappa shape index (κ1) is 7.53. The second kappa shape index (κ2) is 2.74. The summed E-state index contributed by atoms with van der Waals surface area (Å²) in [6.07, 6.45) is 0. The fourth-order valence-corrected chi connectivity index (χ4v) is 1.27. The standard InChI is InChI=1S/C9H9BO2/c1-6-7(10)2-3-8-9(6)12-5-4-11-8/h2-3H,4-5H2,1H3. The van der Waals surface area contributed by atoms with Crippen molar-refractivity contribution < 1.29 is 9.47 Å². The number of ether oxygens (including phenoxy) is 2. The summed E-state index contributed by atoms with van der Waals surface area (Å²) in [5.41, 5.74) is 1.71. The van der Waals surface area contributed by atoms with Gasteiger partial charge in [-0.2, -0.15) is 0 Å². The largest absolute Gasteiger partial charge is 0.486 e. The predicted molar refractivity (Wildman–Crippen MR) is 47.6 cm³/mol. The Balaban J connectivity index is 2.54. The van der Waals surface area contributed by atoms with Gasteiger partial charge in [0.15, 0.2) is 11.5 Å². The highest BCUT2D eigenvalue weighted by Gasteiger charge is 2.13. The van der Waals surface area contributed by atoms with Gasteiger partial charge in [-0.15, -0.1) is 0 Å². The van der Waals surface area contributed by atoms with E-state index in [0.29, 0.717) is 13.2 Å². The van der Waals surface area contributed by atoms with E-state index in [1.807, 2.05) is 19.1 Å². The number of rotatable bonds is 0. The van der Waals surface area contributed by atoms with E-state index in [-0.39, 0.29) is 0 Å². The summed E-state index contributed by atoms with van der Waals surface area (Å²) in [6.45, 7) is 3.16. The molecule has 0 amide bonds. The topological polar surface area (TPSA) is 18.5 Å². The molecule has 1 aromatic rings. The summed E-state index contributed by atoms with van der Waals surface area (Å²) in [5, 5.41) is 0. The highest BCUT2D eigenvalue weighted by molar-refractivity contribution is 6.33. The van der Waals surface area contributed by atoms with Crippen molar-refractivity contribution >= 4 is 13.3 Å². The van der Waals surface area contributed by atoms with Crippen molar-refractivity contribution in [3.63, 3.8) is 0 Å². The molecular weight excluding hydrogens is 151 g/mol. The van der Waals surface area contributed by atoms with Crippen LogP contribution >= 0.6 is 0 Å². The van der Waals surface area contributed by atoms with Crippen LogP contribution in [-0.2, 0) is 0 Å². The molecule has 0 bridgehead atoms. The highest BCUT2D eigenvalue weighted by atomic mass is 16.6. The number of fused-ring (bicyclic) bond motifs is 1. The van der Waals surface area contributed by atoms with Crippen LogP contribution in [0.1, 0.15) is 5.56 Å². The molecule has 3 heteroatoms. The molecule has 2 nitrogen and oxygen atoms in total. The highest BCUT2D eigenvalue weighted by Crippen LogP contribution is 2.31. The Kier molecular flexibility index (Phi) is 1.72. The lowest BCUT2D eigenvalue weighted by molar-refractivity contribution is 0.170. The van der Waals surface area contributed by atoms with E-state index < -0.39 is 0 Å². The molecule has 1 aliphatic rings. The van der Waals surface area contributed by atoms with Crippen LogP contribution in [0.25, 0.3) is 0 Å². The lowest BCUT2D eigenvalue weighted by Gasteiger charge is -2.20. The minimum atomic E-state index is 0.608. The molecule has 0 fully saturated rings. The van der Waals surface area contributed by atoms with Gasteiger partial charge < -0.3 is 9.47 Å².